The van der Waals surface area contributed by atoms with Crippen LogP contribution in [0.1, 0.15) is 18.4 Å². The van der Waals surface area contributed by atoms with Crippen molar-refractivity contribution in [2.45, 2.75) is 25.4 Å². The molecule has 2 rings (SSSR count). The Balaban J connectivity index is 1.94. The Hall–Kier alpha value is -0.580. The van der Waals surface area contributed by atoms with Crippen LogP contribution in [0.3, 0.4) is 0 Å². The van der Waals surface area contributed by atoms with Gasteiger partial charge in [0.05, 0.1) is 12.3 Å². The van der Waals surface area contributed by atoms with Crippen molar-refractivity contribution in [3.05, 3.63) is 28.2 Å². The quantitative estimate of drug-likeness (QED) is 0.838. The van der Waals surface area contributed by atoms with Gasteiger partial charge in [0.1, 0.15) is 0 Å². The zero-order chi connectivity index (χ0) is 13.0. The predicted octanol–water partition coefficient (Wildman–Crippen LogP) is 2.78. The summed E-state index contributed by atoms with van der Waals surface area (Å²) in [5, 5.41) is 3.53. The maximum Gasteiger partial charge on any atom is 0.0637 e. The lowest BCUT2D eigenvalue weighted by molar-refractivity contribution is 0.206. The first-order valence-corrected chi connectivity index (χ1v) is 7.22. The summed E-state index contributed by atoms with van der Waals surface area (Å²) < 4.78 is 6.25. The molecule has 1 saturated carbocycles. The number of hydrogen-bond donors (Lipinski definition) is 1. The molecule has 1 N–H and O–H groups in total. The van der Waals surface area contributed by atoms with E-state index in [1.165, 1.54) is 24.1 Å². The summed E-state index contributed by atoms with van der Waals surface area (Å²) in [5.41, 5.74) is 2.54. The zero-order valence-electron chi connectivity index (χ0n) is 11.1. The van der Waals surface area contributed by atoms with Gasteiger partial charge in [-0.2, -0.15) is 0 Å². The number of methoxy groups -OCH3 is 1. The number of benzene rings is 1. The highest BCUT2D eigenvalue weighted by Gasteiger charge is 2.20. The van der Waals surface area contributed by atoms with Crippen LogP contribution in [0, 0.1) is 0 Å². The Morgan fingerprint density at radius 1 is 1.44 bits per heavy atom. The van der Waals surface area contributed by atoms with E-state index in [-0.39, 0.29) is 0 Å². The highest BCUT2D eigenvalue weighted by Crippen LogP contribution is 2.27. The Bertz CT molecular complexity index is 393. The molecular weight excluding hydrogens is 292 g/mol. The zero-order valence-corrected chi connectivity index (χ0v) is 12.7. The largest absolute Gasteiger partial charge is 0.383 e. The Labute approximate surface area is 118 Å². The maximum absolute atomic E-state index is 5.10. The second-order valence-electron chi connectivity index (χ2n) is 4.86. The molecule has 0 atom stereocenters. The minimum absolute atomic E-state index is 0.744. The molecule has 18 heavy (non-hydrogen) atoms. The third-order valence-corrected chi connectivity index (χ3v) is 3.86. The summed E-state index contributed by atoms with van der Waals surface area (Å²) in [6.07, 6.45) is 2.66. The van der Waals surface area contributed by atoms with Gasteiger partial charge in [-0.1, -0.05) is 6.07 Å². The fraction of sp³-hybridized carbons (Fsp3) is 0.571. The molecule has 4 heteroatoms. The fourth-order valence-electron chi connectivity index (χ4n) is 1.87. The molecule has 0 saturated heterocycles. The molecule has 1 aliphatic rings. The number of likely N-dealkylation sites (N-methyl/N-ethyl adjacent to an activating group) is 1. The molecule has 0 unspecified atom stereocenters. The van der Waals surface area contributed by atoms with E-state index in [9.17, 15) is 0 Å². The second-order valence-corrected chi connectivity index (χ2v) is 5.71. The highest BCUT2D eigenvalue weighted by molar-refractivity contribution is 9.10. The van der Waals surface area contributed by atoms with Crippen molar-refractivity contribution in [3.8, 4) is 0 Å². The van der Waals surface area contributed by atoms with E-state index in [1.54, 1.807) is 7.11 Å². The number of nitrogens with zero attached hydrogens (tertiary/aromatic N) is 1. The first kappa shape index (κ1) is 13.8. The van der Waals surface area contributed by atoms with E-state index < -0.39 is 0 Å². The van der Waals surface area contributed by atoms with Gasteiger partial charge in [-0.15, -0.1) is 0 Å². The SMILES string of the molecule is COCCN(C)c1ccc(CNC2CC2)cc1Br. The third-order valence-electron chi connectivity index (χ3n) is 3.23. The van der Waals surface area contributed by atoms with Gasteiger partial charge in [0.15, 0.2) is 0 Å². The molecule has 3 nitrogen and oxygen atoms in total. The average Bonchev–Trinajstić information content (AvgIpc) is 3.17. The van der Waals surface area contributed by atoms with E-state index in [2.05, 4.69) is 51.4 Å². The van der Waals surface area contributed by atoms with Crippen molar-refractivity contribution in [3.63, 3.8) is 0 Å². The fourth-order valence-corrected chi connectivity index (χ4v) is 2.60. The number of nitrogens with one attached hydrogen (secondary N) is 1. The van der Waals surface area contributed by atoms with Crippen molar-refractivity contribution in [1.29, 1.82) is 0 Å². The van der Waals surface area contributed by atoms with Gasteiger partial charge >= 0.3 is 0 Å². The summed E-state index contributed by atoms with van der Waals surface area (Å²) in [7, 11) is 3.82. The van der Waals surface area contributed by atoms with Gasteiger partial charge in [-0.05, 0) is 46.5 Å². The first-order chi connectivity index (χ1) is 8.70. The van der Waals surface area contributed by atoms with Gasteiger partial charge in [-0.25, -0.2) is 0 Å². The molecule has 0 amide bonds. The number of hydrogen-bond acceptors (Lipinski definition) is 3. The number of anilines is 1. The molecule has 0 spiro atoms. The van der Waals surface area contributed by atoms with Crippen LogP contribution in [0.15, 0.2) is 22.7 Å². The molecule has 100 valence electrons. The van der Waals surface area contributed by atoms with Crippen molar-refractivity contribution in [2.24, 2.45) is 0 Å². The van der Waals surface area contributed by atoms with Crippen molar-refractivity contribution < 1.29 is 4.74 Å². The van der Waals surface area contributed by atoms with Crippen LogP contribution in [0.4, 0.5) is 5.69 Å². The lowest BCUT2D eigenvalue weighted by Crippen LogP contribution is -2.22. The number of ether oxygens (including phenoxy) is 1. The van der Waals surface area contributed by atoms with Crippen LogP contribution >= 0.6 is 15.9 Å². The van der Waals surface area contributed by atoms with Gasteiger partial charge in [-0.3, -0.25) is 0 Å². The predicted molar refractivity (Wildman–Crippen MR) is 79.1 cm³/mol. The molecular formula is C14H21BrN2O. The van der Waals surface area contributed by atoms with Crippen LogP contribution in [0.25, 0.3) is 0 Å². The molecule has 0 bridgehead atoms. The Morgan fingerprint density at radius 2 is 2.22 bits per heavy atom. The monoisotopic (exact) mass is 312 g/mol. The van der Waals surface area contributed by atoms with Gasteiger partial charge in [0.25, 0.3) is 0 Å². The highest BCUT2D eigenvalue weighted by atomic mass is 79.9. The van der Waals surface area contributed by atoms with Crippen LogP contribution in [0.2, 0.25) is 0 Å². The molecule has 0 aromatic heterocycles. The van der Waals surface area contributed by atoms with Crippen molar-refractivity contribution >= 4 is 21.6 Å². The van der Waals surface area contributed by atoms with Crippen LogP contribution < -0.4 is 10.2 Å². The van der Waals surface area contributed by atoms with Gasteiger partial charge in [0, 0.05) is 37.8 Å². The summed E-state index contributed by atoms with van der Waals surface area (Å²) in [6, 6.07) is 7.32. The topological polar surface area (TPSA) is 24.5 Å². The normalized spacial score (nSPS) is 14.8. The van der Waals surface area contributed by atoms with Crippen LogP contribution in [-0.2, 0) is 11.3 Å². The minimum Gasteiger partial charge on any atom is -0.383 e. The lowest BCUT2D eigenvalue weighted by Gasteiger charge is -2.20. The lowest BCUT2D eigenvalue weighted by atomic mass is 10.2. The summed E-state index contributed by atoms with van der Waals surface area (Å²) in [5.74, 6) is 0. The molecule has 0 heterocycles. The molecule has 1 aliphatic carbocycles. The number of halogens is 1. The Kier molecular flexibility index (Phi) is 5.03. The summed E-state index contributed by atoms with van der Waals surface area (Å²) in [4.78, 5) is 2.20. The van der Waals surface area contributed by atoms with E-state index >= 15 is 0 Å². The van der Waals surface area contributed by atoms with Gasteiger partial charge in [0.2, 0.25) is 0 Å². The van der Waals surface area contributed by atoms with Crippen molar-refractivity contribution in [2.75, 3.05) is 32.2 Å². The first-order valence-electron chi connectivity index (χ1n) is 6.42. The summed E-state index contributed by atoms with van der Waals surface area (Å²) in [6.45, 7) is 2.61. The Morgan fingerprint density at radius 3 is 2.83 bits per heavy atom. The average molecular weight is 313 g/mol. The minimum atomic E-state index is 0.744. The van der Waals surface area contributed by atoms with E-state index in [4.69, 9.17) is 4.74 Å². The van der Waals surface area contributed by atoms with Crippen LogP contribution in [0.5, 0.6) is 0 Å². The van der Waals surface area contributed by atoms with Gasteiger partial charge < -0.3 is 15.0 Å². The molecule has 0 radical (unpaired) electrons. The molecule has 1 fully saturated rings. The standard InChI is InChI=1S/C14H21BrN2O/c1-17(7-8-18-2)14-6-3-11(9-13(14)15)10-16-12-4-5-12/h3,6,9,12,16H,4-5,7-8,10H2,1-2H3. The second kappa shape index (κ2) is 6.55. The third kappa shape index (κ3) is 3.97. The molecule has 1 aromatic rings. The summed E-state index contributed by atoms with van der Waals surface area (Å²) >= 11 is 3.65. The van der Waals surface area contributed by atoms with Crippen LogP contribution in [-0.4, -0.2) is 33.4 Å². The van der Waals surface area contributed by atoms with E-state index in [1.807, 2.05) is 0 Å². The van der Waals surface area contributed by atoms with E-state index in [0.29, 0.717) is 0 Å². The number of rotatable bonds is 7. The van der Waals surface area contributed by atoms with E-state index in [0.717, 1.165) is 30.2 Å². The van der Waals surface area contributed by atoms with Crippen molar-refractivity contribution in [1.82, 2.24) is 5.32 Å². The maximum atomic E-state index is 5.10. The molecule has 1 aromatic carbocycles. The molecule has 0 aliphatic heterocycles. The smallest absolute Gasteiger partial charge is 0.0637 e.